The Hall–Kier alpha value is -3.32. The van der Waals surface area contributed by atoms with Gasteiger partial charge in [-0.15, -0.1) is 0 Å². The minimum atomic E-state index is -4.45. The number of hydrogen-bond acceptors (Lipinski definition) is 2. The highest BCUT2D eigenvalue weighted by molar-refractivity contribution is 5.90. The van der Waals surface area contributed by atoms with Crippen molar-refractivity contribution in [1.82, 2.24) is 10.2 Å². The maximum absolute atomic E-state index is 13.3. The summed E-state index contributed by atoms with van der Waals surface area (Å²) in [5.41, 5.74) is 2.06. The normalized spacial score (nSPS) is 15.0. The summed E-state index contributed by atoms with van der Waals surface area (Å²) in [5.74, 6) is 0. The molecule has 0 bridgehead atoms. The first kappa shape index (κ1) is 22.9. The minimum Gasteiger partial charge on any atom is -0.322 e. The first-order valence-corrected chi connectivity index (χ1v) is 10.9. The van der Waals surface area contributed by atoms with Crippen molar-refractivity contribution >= 4 is 28.1 Å². The molecule has 1 aliphatic heterocycles. The standard InChI is InChI=1S/C26H26F3N3O/c1-18(20-9-8-19-4-2-3-5-21(19)16-20)6-7-22-17-23(26(27,28)29)10-11-24(22)31-25(33)32-14-12-30-13-15-32/h2-6,8-11,16-17,30H,7,12-15H2,1H3,(H,31,33)/b18-6+. The number of nitrogens with one attached hydrogen (secondary N) is 2. The van der Waals surface area contributed by atoms with Gasteiger partial charge in [0, 0.05) is 31.9 Å². The molecule has 1 fully saturated rings. The molecule has 0 spiro atoms. The van der Waals surface area contributed by atoms with Gasteiger partial charge in [0.1, 0.15) is 0 Å². The molecular formula is C26H26F3N3O. The van der Waals surface area contributed by atoms with Crippen LogP contribution in [-0.4, -0.2) is 37.1 Å². The molecule has 2 N–H and O–H groups in total. The molecule has 1 saturated heterocycles. The van der Waals surface area contributed by atoms with Crippen molar-refractivity contribution < 1.29 is 18.0 Å². The Bertz CT molecular complexity index is 1180. The maximum atomic E-state index is 13.3. The molecule has 172 valence electrons. The number of benzene rings is 3. The molecule has 0 unspecified atom stereocenters. The smallest absolute Gasteiger partial charge is 0.322 e. The number of carbonyl (C=O) groups excluding carboxylic acids is 1. The third-order valence-electron chi connectivity index (χ3n) is 5.91. The lowest BCUT2D eigenvalue weighted by Crippen LogP contribution is -2.48. The largest absolute Gasteiger partial charge is 0.416 e. The van der Waals surface area contributed by atoms with E-state index < -0.39 is 11.7 Å². The summed E-state index contributed by atoms with van der Waals surface area (Å²) in [6.07, 6.45) is -2.28. The Morgan fingerprint density at radius 1 is 1.03 bits per heavy atom. The van der Waals surface area contributed by atoms with Gasteiger partial charge in [0.2, 0.25) is 0 Å². The third kappa shape index (κ3) is 5.54. The summed E-state index contributed by atoms with van der Waals surface area (Å²) >= 11 is 0. The van der Waals surface area contributed by atoms with E-state index >= 15 is 0 Å². The number of fused-ring (bicyclic) bond motifs is 1. The number of piperazine rings is 1. The van der Waals surface area contributed by atoms with Gasteiger partial charge in [0.25, 0.3) is 0 Å². The van der Waals surface area contributed by atoms with Crippen molar-refractivity contribution in [3.05, 3.63) is 83.4 Å². The number of anilines is 1. The molecule has 7 heteroatoms. The predicted octanol–water partition coefficient (Wildman–Crippen LogP) is 5.94. The first-order chi connectivity index (χ1) is 15.8. The molecule has 0 saturated carbocycles. The van der Waals surface area contributed by atoms with Crippen LogP contribution in [0.1, 0.15) is 23.6 Å². The van der Waals surface area contributed by atoms with Gasteiger partial charge in [0.05, 0.1) is 5.56 Å². The fourth-order valence-corrected chi connectivity index (χ4v) is 3.94. The third-order valence-corrected chi connectivity index (χ3v) is 5.91. The molecule has 4 nitrogen and oxygen atoms in total. The Balaban J connectivity index is 1.59. The van der Waals surface area contributed by atoms with E-state index in [4.69, 9.17) is 0 Å². The van der Waals surface area contributed by atoms with Crippen LogP contribution in [-0.2, 0) is 12.6 Å². The average molecular weight is 454 g/mol. The predicted molar refractivity (Wildman–Crippen MR) is 126 cm³/mol. The zero-order valence-electron chi connectivity index (χ0n) is 18.4. The molecule has 4 rings (SSSR count). The van der Waals surface area contributed by atoms with E-state index in [0.29, 0.717) is 37.4 Å². The fourth-order valence-electron chi connectivity index (χ4n) is 3.94. The van der Waals surface area contributed by atoms with Gasteiger partial charge >= 0.3 is 12.2 Å². The second-order valence-electron chi connectivity index (χ2n) is 8.19. The number of urea groups is 1. The van der Waals surface area contributed by atoms with Gasteiger partial charge in [-0.2, -0.15) is 13.2 Å². The summed E-state index contributed by atoms with van der Waals surface area (Å²) in [6.45, 7) is 4.45. The fraction of sp³-hybridized carbons (Fsp3) is 0.269. The van der Waals surface area contributed by atoms with E-state index in [1.807, 2.05) is 49.4 Å². The average Bonchev–Trinajstić information content (AvgIpc) is 2.82. The van der Waals surface area contributed by atoms with Crippen molar-refractivity contribution in [1.29, 1.82) is 0 Å². The first-order valence-electron chi connectivity index (χ1n) is 10.9. The van der Waals surface area contributed by atoms with Crippen molar-refractivity contribution in [2.45, 2.75) is 19.5 Å². The van der Waals surface area contributed by atoms with Crippen LogP contribution in [0.5, 0.6) is 0 Å². The topological polar surface area (TPSA) is 44.4 Å². The summed E-state index contributed by atoms with van der Waals surface area (Å²) in [6, 6.07) is 17.3. The van der Waals surface area contributed by atoms with Crippen LogP contribution in [0, 0.1) is 0 Å². The summed E-state index contributed by atoms with van der Waals surface area (Å²) in [4.78, 5) is 14.3. The minimum absolute atomic E-state index is 0.264. The summed E-state index contributed by atoms with van der Waals surface area (Å²) < 4.78 is 40.0. The van der Waals surface area contributed by atoms with Crippen LogP contribution in [0.25, 0.3) is 16.3 Å². The second kappa shape index (κ2) is 9.67. The molecule has 1 aliphatic rings. The van der Waals surface area contributed by atoms with Crippen molar-refractivity contribution in [2.24, 2.45) is 0 Å². The number of rotatable bonds is 4. The van der Waals surface area contributed by atoms with Crippen LogP contribution in [0.3, 0.4) is 0 Å². The summed E-state index contributed by atoms with van der Waals surface area (Å²) in [7, 11) is 0. The molecular weight excluding hydrogens is 427 g/mol. The van der Waals surface area contributed by atoms with Crippen molar-refractivity contribution in [3.8, 4) is 0 Å². The van der Waals surface area contributed by atoms with Crippen LogP contribution in [0.4, 0.5) is 23.7 Å². The number of hydrogen-bond donors (Lipinski definition) is 2. The van der Waals surface area contributed by atoms with E-state index in [0.717, 1.165) is 34.0 Å². The van der Waals surface area contributed by atoms with Crippen LogP contribution in [0.2, 0.25) is 0 Å². The van der Waals surface area contributed by atoms with E-state index in [1.165, 1.54) is 6.07 Å². The highest BCUT2D eigenvalue weighted by Gasteiger charge is 2.31. The van der Waals surface area contributed by atoms with Crippen LogP contribution >= 0.6 is 0 Å². The maximum Gasteiger partial charge on any atom is 0.416 e. The van der Waals surface area contributed by atoms with Gasteiger partial charge < -0.3 is 15.5 Å². The van der Waals surface area contributed by atoms with E-state index in [1.54, 1.807) is 4.90 Å². The molecule has 0 atom stereocenters. The number of carbonyl (C=O) groups is 1. The Kier molecular flexibility index (Phi) is 6.70. The van der Waals surface area contributed by atoms with Crippen LogP contribution < -0.4 is 10.6 Å². The van der Waals surface area contributed by atoms with Crippen molar-refractivity contribution in [2.75, 3.05) is 31.5 Å². The summed E-state index contributed by atoms with van der Waals surface area (Å²) in [5, 5.41) is 8.22. The molecule has 0 aliphatic carbocycles. The molecule has 33 heavy (non-hydrogen) atoms. The van der Waals surface area contributed by atoms with Gasteiger partial charge in [-0.1, -0.05) is 42.5 Å². The van der Waals surface area contributed by atoms with Gasteiger partial charge in [-0.05, 0) is 65.1 Å². The van der Waals surface area contributed by atoms with Gasteiger partial charge in [0.15, 0.2) is 0 Å². The Morgan fingerprint density at radius 2 is 1.76 bits per heavy atom. The highest BCUT2D eigenvalue weighted by atomic mass is 19.4. The monoisotopic (exact) mass is 453 g/mol. The quantitative estimate of drug-likeness (QED) is 0.513. The van der Waals surface area contributed by atoms with Crippen molar-refractivity contribution in [3.63, 3.8) is 0 Å². The molecule has 3 aromatic carbocycles. The lowest BCUT2D eigenvalue weighted by molar-refractivity contribution is -0.137. The van der Waals surface area contributed by atoms with E-state index in [-0.39, 0.29) is 12.5 Å². The number of amides is 2. The number of halogens is 3. The van der Waals surface area contributed by atoms with Crippen LogP contribution in [0.15, 0.2) is 66.7 Å². The zero-order chi connectivity index (χ0) is 23.4. The highest BCUT2D eigenvalue weighted by Crippen LogP contribution is 2.33. The number of allylic oxidation sites excluding steroid dienone is 2. The number of nitrogens with zero attached hydrogens (tertiary/aromatic N) is 1. The molecule has 3 aromatic rings. The molecule has 0 aromatic heterocycles. The zero-order valence-corrected chi connectivity index (χ0v) is 18.4. The van der Waals surface area contributed by atoms with Gasteiger partial charge in [-0.3, -0.25) is 0 Å². The molecule has 1 heterocycles. The molecule has 2 amide bonds. The van der Waals surface area contributed by atoms with E-state index in [9.17, 15) is 18.0 Å². The van der Waals surface area contributed by atoms with Gasteiger partial charge in [-0.25, -0.2) is 4.79 Å². The lowest BCUT2D eigenvalue weighted by Gasteiger charge is -2.28. The number of alkyl halides is 3. The Morgan fingerprint density at radius 3 is 2.48 bits per heavy atom. The van der Waals surface area contributed by atoms with E-state index in [2.05, 4.69) is 16.7 Å². The molecule has 0 radical (unpaired) electrons. The second-order valence-corrected chi connectivity index (χ2v) is 8.19. The Labute approximate surface area is 191 Å². The lowest BCUT2D eigenvalue weighted by atomic mass is 9.99. The SMILES string of the molecule is C/C(=C\Cc1cc(C(F)(F)F)ccc1NC(=O)N1CCNCC1)c1ccc2ccccc2c1.